The Hall–Kier alpha value is -1.66. The smallest absolute Gasteiger partial charge is 0.351 e. The SMILES string of the molecule is C#CC1(Cl)[C@H]2OC2([C@@H](C)O)O[C@H]1n1cc(F)c(N)nc1=O. The van der Waals surface area contributed by atoms with Crippen molar-refractivity contribution in [3.63, 3.8) is 0 Å². The van der Waals surface area contributed by atoms with Gasteiger partial charge in [0.15, 0.2) is 28.8 Å². The average molecular weight is 316 g/mol. The second-order valence-electron chi connectivity index (χ2n) is 4.94. The molecule has 3 rings (SSSR count). The maximum absolute atomic E-state index is 13.6. The molecule has 0 bridgehead atoms. The van der Waals surface area contributed by atoms with Crippen molar-refractivity contribution >= 4 is 17.4 Å². The Morgan fingerprint density at radius 1 is 1.71 bits per heavy atom. The summed E-state index contributed by atoms with van der Waals surface area (Å²) in [5.74, 6) is -0.577. The largest absolute Gasteiger partial charge is 0.388 e. The summed E-state index contributed by atoms with van der Waals surface area (Å²) in [7, 11) is 0. The molecule has 3 N–H and O–H groups in total. The molecule has 1 aromatic rings. The molecule has 1 aromatic heterocycles. The van der Waals surface area contributed by atoms with Crippen LogP contribution in [0.15, 0.2) is 11.0 Å². The molecule has 112 valence electrons. The minimum atomic E-state index is -1.58. The van der Waals surface area contributed by atoms with E-state index < -0.39 is 46.4 Å². The zero-order valence-electron chi connectivity index (χ0n) is 10.8. The van der Waals surface area contributed by atoms with Crippen LogP contribution in [-0.2, 0) is 9.47 Å². The fourth-order valence-electron chi connectivity index (χ4n) is 2.46. The zero-order chi connectivity index (χ0) is 15.6. The van der Waals surface area contributed by atoms with Crippen LogP contribution in [0.5, 0.6) is 0 Å². The van der Waals surface area contributed by atoms with E-state index in [2.05, 4.69) is 10.9 Å². The molecular weight excluding hydrogens is 305 g/mol. The first kappa shape index (κ1) is 14.3. The predicted octanol–water partition coefficient (Wildman–Crippen LogP) is -0.420. The number of anilines is 1. The predicted molar refractivity (Wildman–Crippen MR) is 69.7 cm³/mol. The molecule has 0 aliphatic carbocycles. The summed E-state index contributed by atoms with van der Waals surface area (Å²) in [5.41, 5.74) is 4.35. The molecule has 0 spiro atoms. The molecule has 2 fully saturated rings. The van der Waals surface area contributed by atoms with Crippen LogP contribution in [-0.4, -0.2) is 37.5 Å². The molecule has 0 aromatic carbocycles. The van der Waals surface area contributed by atoms with E-state index in [4.69, 9.17) is 33.2 Å². The third-order valence-corrected chi connectivity index (χ3v) is 4.13. The van der Waals surface area contributed by atoms with Crippen molar-refractivity contribution in [1.29, 1.82) is 0 Å². The third kappa shape index (κ3) is 1.72. The highest BCUT2D eigenvalue weighted by molar-refractivity contribution is 6.27. The highest BCUT2D eigenvalue weighted by atomic mass is 35.5. The Kier molecular flexibility index (Phi) is 2.84. The molecule has 2 aliphatic heterocycles. The molecule has 3 heterocycles. The van der Waals surface area contributed by atoms with Crippen LogP contribution in [0.1, 0.15) is 13.2 Å². The number of halogens is 2. The number of nitrogens with zero attached hydrogens (tertiary/aromatic N) is 2. The average Bonchev–Trinajstić information content (AvgIpc) is 3.11. The molecule has 9 heteroatoms. The molecule has 2 unspecified atom stereocenters. The summed E-state index contributed by atoms with van der Waals surface area (Å²) in [5, 5.41) is 9.74. The van der Waals surface area contributed by atoms with Crippen LogP contribution in [0.2, 0.25) is 0 Å². The first-order valence-electron chi connectivity index (χ1n) is 6.01. The van der Waals surface area contributed by atoms with Crippen LogP contribution in [0.25, 0.3) is 0 Å². The molecule has 5 atom stereocenters. The van der Waals surface area contributed by atoms with Crippen molar-refractivity contribution in [3.05, 3.63) is 22.5 Å². The second kappa shape index (κ2) is 4.18. The van der Waals surface area contributed by atoms with Crippen LogP contribution < -0.4 is 11.4 Å². The first-order chi connectivity index (χ1) is 9.76. The Morgan fingerprint density at radius 2 is 2.38 bits per heavy atom. The van der Waals surface area contributed by atoms with Gasteiger partial charge >= 0.3 is 5.69 Å². The topological polar surface area (TPSA) is 103 Å². The van der Waals surface area contributed by atoms with E-state index in [1.54, 1.807) is 0 Å². The van der Waals surface area contributed by atoms with Gasteiger partial charge in [0.25, 0.3) is 0 Å². The van der Waals surface area contributed by atoms with E-state index in [1.807, 2.05) is 0 Å². The maximum Gasteiger partial charge on any atom is 0.351 e. The number of nitrogens with two attached hydrogens (primary N) is 1. The number of aliphatic hydroxyl groups excluding tert-OH is 1. The van der Waals surface area contributed by atoms with Gasteiger partial charge in [0.05, 0.1) is 6.20 Å². The number of rotatable bonds is 2. The van der Waals surface area contributed by atoms with E-state index in [1.165, 1.54) is 6.92 Å². The molecular formula is C12H11ClFN3O4. The molecule has 2 saturated heterocycles. The highest BCUT2D eigenvalue weighted by Gasteiger charge is 2.79. The Morgan fingerprint density at radius 3 is 2.95 bits per heavy atom. The number of alkyl halides is 1. The maximum atomic E-state index is 13.6. The highest BCUT2D eigenvalue weighted by Crippen LogP contribution is 2.61. The fourth-order valence-corrected chi connectivity index (χ4v) is 2.80. The van der Waals surface area contributed by atoms with E-state index >= 15 is 0 Å². The van der Waals surface area contributed by atoms with Crippen molar-refractivity contribution in [2.75, 3.05) is 5.73 Å². The Bertz CT molecular complexity index is 717. The van der Waals surface area contributed by atoms with E-state index in [0.29, 0.717) is 0 Å². The molecule has 0 radical (unpaired) electrons. The van der Waals surface area contributed by atoms with Gasteiger partial charge in [-0.1, -0.05) is 17.5 Å². The van der Waals surface area contributed by atoms with Crippen LogP contribution in [0.4, 0.5) is 10.2 Å². The quantitative estimate of drug-likeness (QED) is 0.436. The van der Waals surface area contributed by atoms with Gasteiger partial charge < -0.3 is 20.3 Å². The fraction of sp³-hybridized carbons (Fsp3) is 0.500. The number of terminal acetylenes is 1. The second-order valence-corrected chi connectivity index (χ2v) is 5.57. The summed E-state index contributed by atoms with van der Waals surface area (Å²) in [6.07, 6.45) is 3.11. The van der Waals surface area contributed by atoms with Crippen LogP contribution >= 0.6 is 11.6 Å². The number of epoxide rings is 1. The summed E-state index contributed by atoms with van der Waals surface area (Å²) in [6.45, 7) is 1.43. The molecule has 21 heavy (non-hydrogen) atoms. The summed E-state index contributed by atoms with van der Waals surface area (Å²) in [4.78, 5) is 13.6. The first-order valence-corrected chi connectivity index (χ1v) is 6.38. The van der Waals surface area contributed by atoms with Crippen LogP contribution in [0.3, 0.4) is 0 Å². The lowest BCUT2D eigenvalue weighted by Crippen LogP contribution is -2.40. The number of nitrogen functional groups attached to an aromatic ring is 1. The van der Waals surface area contributed by atoms with Gasteiger partial charge in [0.2, 0.25) is 5.79 Å². The van der Waals surface area contributed by atoms with Crippen LogP contribution in [0, 0.1) is 18.2 Å². The van der Waals surface area contributed by atoms with Gasteiger partial charge in [-0.2, -0.15) is 4.98 Å². The number of hydrogen-bond donors (Lipinski definition) is 2. The van der Waals surface area contributed by atoms with Gasteiger partial charge in [-0.3, -0.25) is 4.57 Å². The van der Waals surface area contributed by atoms with E-state index in [0.717, 1.165) is 10.8 Å². The van der Waals surface area contributed by atoms with Gasteiger partial charge in [0.1, 0.15) is 6.10 Å². The zero-order valence-corrected chi connectivity index (χ0v) is 11.5. The van der Waals surface area contributed by atoms with Crippen molar-refractivity contribution in [1.82, 2.24) is 9.55 Å². The lowest BCUT2D eigenvalue weighted by molar-refractivity contribution is -0.164. The normalized spacial score (nSPS) is 38.6. The summed E-state index contributed by atoms with van der Waals surface area (Å²) >= 11 is 6.31. The molecule has 7 nitrogen and oxygen atoms in total. The van der Waals surface area contributed by atoms with Crippen molar-refractivity contribution in [2.24, 2.45) is 0 Å². The number of aliphatic hydroxyl groups is 1. The summed E-state index contributed by atoms with van der Waals surface area (Å²) < 4.78 is 25.1. The minimum Gasteiger partial charge on any atom is -0.388 e. The van der Waals surface area contributed by atoms with E-state index in [9.17, 15) is 14.3 Å². The minimum absolute atomic E-state index is 0.540. The Balaban J connectivity index is 2.10. The van der Waals surface area contributed by atoms with Crippen molar-refractivity contribution in [2.45, 2.75) is 36.0 Å². The Labute approximate surface area is 123 Å². The lowest BCUT2D eigenvalue weighted by atomic mass is 10.0. The number of fused-ring (bicyclic) bond motifs is 1. The van der Waals surface area contributed by atoms with Gasteiger partial charge in [-0.15, -0.1) is 6.42 Å². The number of hydrogen-bond acceptors (Lipinski definition) is 6. The summed E-state index contributed by atoms with van der Waals surface area (Å²) in [6, 6.07) is 0. The van der Waals surface area contributed by atoms with E-state index in [-0.39, 0.29) is 0 Å². The standard InChI is InChI=1S/C12H11ClFN3O4/c1-3-11(13)8-12(20-8,5(2)18)21-9(11)17-4-6(14)7(15)16-10(17)19/h1,4-5,8-9,18H,2H3,(H2,15,16,19)/t5-,8-,9-,11?,12?/m1/s1. The number of ether oxygens (including phenoxy) is 2. The van der Waals surface area contributed by atoms with Gasteiger partial charge in [0, 0.05) is 0 Å². The molecule has 2 aliphatic rings. The van der Waals surface area contributed by atoms with Crippen molar-refractivity contribution < 1.29 is 19.0 Å². The molecule has 0 amide bonds. The third-order valence-electron chi connectivity index (χ3n) is 3.64. The lowest BCUT2D eigenvalue weighted by Gasteiger charge is -2.27. The number of aromatic nitrogens is 2. The van der Waals surface area contributed by atoms with Gasteiger partial charge in [-0.25, -0.2) is 9.18 Å². The molecule has 0 saturated carbocycles. The van der Waals surface area contributed by atoms with Gasteiger partial charge in [-0.05, 0) is 6.92 Å². The monoisotopic (exact) mass is 315 g/mol. The van der Waals surface area contributed by atoms with Crippen molar-refractivity contribution in [3.8, 4) is 12.3 Å².